The fourth-order valence-electron chi connectivity index (χ4n) is 3.85. The van der Waals surface area contributed by atoms with E-state index in [1.807, 2.05) is 13.0 Å². The number of hydrogen-bond donors (Lipinski definition) is 1. The molecule has 1 aliphatic carbocycles. The number of hydrogen-bond acceptors (Lipinski definition) is 7. The first-order valence-corrected chi connectivity index (χ1v) is 11.6. The fourth-order valence-corrected chi connectivity index (χ4v) is 3.85. The Labute approximate surface area is 200 Å². The lowest BCUT2D eigenvalue weighted by Gasteiger charge is -2.18. The Bertz CT molecular complexity index is 1000. The molecule has 2 aromatic carbocycles. The Hall–Kier alpha value is -3.42. The number of carboxylic acid groups (broad SMARTS) is 1. The van der Waals surface area contributed by atoms with Crippen LogP contribution in [0.15, 0.2) is 30.3 Å². The normalized spacial score (nSPS) is 12.8. The summed E-state index contributed by atoms with van der Waals surface area (Å²) in [6.45, 7) is 2.36. The predicted molar refractivity (Wildman–Crippen MR) is 124 cm³/mol. The Balaban J connectivity index is 1.61. The topological polar surface area (TPSA) is 120 Å². The van der Waals surface area contributed by atoms with Gasteiger partial charge in [-0.3, -0.25) is 4.79 Å². The third-order valence-electron chi connectivity index (χ3n) is 5.62. The molecule has 0 saturated heterocycles. The summed E-state index contributed by atoms with van der Waals surface area (Å²) < 4.78 is 22.9. The number of amides is 1. The maximum atomic E-state index is 11.8. The van der Waals surface area contributed by atoms with Crippen molar-refractivity contribution in [1.29, 1.82) is 0 Å². The van der Waals surface area contributed by atoms with E-state index < -0.39 is 18.5 Å². The molecule has 3 rings (SSSR count). The summed E-state index contributed by atoms with van der Waals surface area (Å²) in [6, 6.07) is 8.76. The predicted octanol–water partition coefficient (Wildman–Crippen LogP) is 2.68. The molecule has 8 nitrogen and oxygen atoms in total. The van der Waals surface area contributed by atoms with Crippen LogP contribution in [0.3, 0.4) is 0 Å². The summed E-state index contributed by atoms with van der Waals surface area (Å²) in [5, 5.41) is 10.8. The van der Waals surface area contributed by atoms with Gasteiger partial charge in [0.15, 0.2) is 0 Å². The first kappa shape index (κ1) is 25.2. The van der Waals surface area contributed by atoms with Gasteiger partial charge in [-0.1, -0.05) is 19.4 Å². The first-order valence-electron chi connectivity index (χ1n) is 11.6. The molecule has 0 spiro atoms. The van der Waals surface area contributed by atoms with Crippen molar-refractivity contribution in [2.45, 2.75) is 45.4 Å². The van der Waals surface area contributed by atoms with Crippen LogP contribution in [0.4, 0.5) is 0 Å². The molecule has 2 N–H and O–H groups in total. The Kier molecular flexibility index (Phi) is 9.01. The second-order valence-corrected chi connectivity index (χ2v) is 8.33. The van der Waals surface area contributed by atoms with Crippen molar-refractivity contribution < 1.29 is 33.6 Å². The van der Waals surface area contributed by atoms with Crippen LogP contribution in [0.2, 0.25) is 0 Å². The van der Waals surface area contributed by atoms with Crippen molar-refractivity contribution in [2.75, 3.05) is 26.9 Å². The molecule has 1 amide bonds. The van der Waals surface area contributed by atoms with Crippen molar-refractivity contribution >= 4 is 11.9 Å². The molecule has 0 unspecified atom stereocenters. The number of benzene rings is 2. The summed E-state index contributed by atoms with van der Waals surface area (Å²) in [5.74, 6) is 1.12. The smallest absolute Gasteiger partial charge is 0.252 e. The van der Waals surface area contributed by atoms with E-state index in [2.05, 4.69) is 0 Å². The van der Waals surface area contributed by atoms with E-state index >= 15 is 0 Å². The molecule has 1 saturated carbocycles. The number of carboxylic acids is 1. The third kappa shape index (κ3) is 6.79. The molecule has 8 heteroatoms. The highest BCUT2D eigenvalue weighted by Crippen LogP contribution is 2.40. The summed E-state index contributed by atoms with van der Waals surface area (Å²) in [4.78, 5) is 22.5. The van der Waals surface area contributed by atoms with Crippen LogP contribution in [-0.2, 0) is 17.6 Å². The van der Waals surface area contributed by atoms with Crippen molar-refractivity contribution in [3.05, 3.63) is 47.0 Å². The van der Waals surface area contributed by atoms with Gasteiger partial charge in [0.2, 0.25) is 0 Å². The van der Waals surface area contributed by atoms with Crippen LogP contribution >= 0.6 is 0 Å². The molecule has 0 aliphatic heterocycles. The van der Waals surface area contributed by atoms with E-state index in [0.29, 0.717) is 60.5 Å². The standard InChI is InChI=1S/C26H33NO7/c1-3-6-18-21(7-4-8-22(18)34-16-24(28)29)32-13-5-14-33-23-12-11-19(26(27)30)25(31-2)20(23)15-17-9-10-17/h4,7-8,11-12,17H,3,5-6,9-10,13-16H2,1-2H3,(H2,27,30)(H,28,29)/p-1. The molecule has 0 atom stereocenters. The zero-order valence-corrected chi connectivity index (χ0v) is 19.8. The molecule has 1 aliphatic rings. The molecule has 0 heterocycles. The van der Waals surface area contributed by atoms with Gasteiger partial charge in [-0.15, -0.1) is 0 Å². The number of ether oxygens (including phenoxy) is 4. The van der Waals surface area contributed by atoms with Crippen LogP contribution in [-0.4, -0.2) is 38.8 Å². The largest absolute Gasteiger partial charge is 0.546 e. The van der Waals surface area contributed by atoms with Gasteiger partial charge in [0, 0.05) is 17.5 Å². The van der Waals surface area contributed by atoms with Crippen molar-refractivity contribution in [3.63, 3.8) is 0 Å². The second kappa shape index (κ2) is 12.2. The molecule has 0 aromatic heterocycles. The molecule has 0 bridgehead atoms. The molecule has 1 fully saturated rings. The van der Waals surface area contributed by atoms with Gasteiger partial charge in [0.25, 0.3) is 5.91 Å². The van der Waals surface area contributed by atoms with E-state index in [0.717, 1.165) is 36.8 Å². The van der Waals surface area contributed by atoms with Crippen LogP contribution in [0.5, 0.6) is 23.0 Å². The Morgan fingerprint density at radius 1 is 1.00 bits per heavy atom. The first-order chi connectivity index (χ1) is 16.4. The molecular formula is C26H32NO7-. The number of carbonyl (C=O) groups is 2. The molecule has 0 radical (unpaired) electrons. The van der Waals surface area contributed by atoms with E-state index in [-0.39, 0.29) is 0 Å². The number of methoxy groups -OCH3 is 1. The van der Waals surface area contributed by atoms with E-state index in [9.17, 15) is 14.7 Å². The highest BCUT2D eigenvalue weighted by molar-refractivity contribution is 5.96. The third-order valence-corrected chi connectivity index (χ3v) is 5.62. The lowest BCUT2D eigenvalue weighted by atomic mass is 10.0. The summed E-state index contributed by atoms with van der Waals surface area (Å²) >= 11 is 0. The van der Waals surface area contributed by atoms with Crippen molar-refractivity contribution in [1.82, 2.24) is 0 Å². The van der Waals surface area contributed by atoms with E-state index in [1.165, 1.54) is 7.11 Å². The van der Waals surface area contributed by atoms with Gasteiger partial charge in [0.1, 0.15) is 29.6 Å². The van der Waals surface area contributed by atoms with Gasteiger partial charge in [-0.05, 0) is 55.9 Å². The van der Waals surface area contributed by atoms with Crippen LogP contribution < -0.4 is 29.8 Å². The number of aliphatic carboxylic acids is 1. The summed E-state index contributed by atoms with van der Waals surface area (Å²) in [6.07, 6.45) is 5.28. The van der Waals surface area contributed by atoms with Gasteiger partial charge < -0.3 is 34.6 Å². The van der Waals surface area contributed by atoms with Gasteiger partial charge in [-0.25, -0.2) is 0 Å². The highest BCUT2D eigenvalue weighted by Gasteiger charge is 2.27. The van der Waals surface area contributed by atoms with Crippen molar-refractivity contribution in [3.8, 4) is 23.0 Å². The average molecular weight is 471 g/mol. The number of carbonyl (C=O) groups excluding carboxylic acids is 2. The van der Waals surface area contributed by atoms with Gasteiger partial charge >= 0.3 is 0 Å². The van der Waals surface area contributed by atoms with Crippen LogP contribution in [0.1, 0.15) is 54.1 Å². The highest BCUT2D eigenvalue weighted by atomic mass is 16.5. The SMILES string of the molecule is CCCc1c(OCCCOc2ccc(C(N)=O)c(OC)c2CC2CC2)cccc1OCC(=O)[O-]. The monoisotopic (exact) mass is 470 g/mol. The fraction of sp³-hybridized carbons (Fsp3) is 0.462. The van der Waals surface area contributed by atoms with E-state index in [4.69, 9.17) is 24.7 Å². The summed E-state index contributed by atoms with van der Waals surface area (Å²) in [7, 11) is 1.54. The zero-order valence-electron chi connectivity index (χ0n) is 19.8. The lowest BCUT2D eigenvalue weighted by Crippen LogP contribution is -2.29. The molecule has 2 aromatic rings. The lowest BCUT2D eigenvalue weighted by molar-refractivity contribution is -0.307. The Morgan fingerprint density at radius 3 is 2.21 bits per heavy atom. The average Bonchev–Trinajstić information content (AvgIpc) is 3.63. The quantitative estimate of drug-likeness (QED) is 0.397. The minimum Gasteiger partial charge on any atom is -0.546 e. The number of rotatable bonds is 15. The van der Waals surface area contributed by atoms with Gasteiger partial charge in [0.05, 0.1) is 31.9 Å². The maximum Gasteiger partial charge on any atom is 0.252 e. The van der Waals surface area contributed by atoms with Gasteiger partial charge in [-0.2, -0.15) is 0 Å². The second-order valence-electron chi connectivity index (χ2n) is 8.33. The molecule has 184 valence electrons. The maximum absolute atomic E-state index is 11.8. The van der Waals surface area contributed by atoms with Crippen LogP contribution in [0.25, 0.3) is 0 Å². The minimum absolute atomic E-state index is 0.359. The minimum atomic E-state index is -1.27. The molecular weight excluding hydrogens is 438 g/mol. The zero-order chi connectivity index (χ0) is 24.5. The van der Waals surface area contributed by atoms with Crippen LogP contribution in [0, 0.1) is 5.92 Å². The number of primary amides is 1. The molecule has 34 heavy (non-hydrogen) atoms. The Morgan fingerprint density at radius 2 is 1.65 bits per heavy atom. The van der Waals surface area contributed by atoms with Crippen molar-refractivity contribution in [2.24, 2.45) is 11.7 Å². The summed E-state index contributed by atoms with van der Waals surface area (Å²) in [5.41, 5.74) is 7.59. The van der Waals surface area contributed by atoms with E-state index in [1.54, 1.807) is 24.3 Å². The number of nitrogens with two attached hydrogens (primary N) is 1.